The molecule has 27 heavy (non-hydrogen) atoms. The third-order valence-corrected chi connectivity index (χ3v) is 4.54. The number of aliphatic imine (C=N–C) groups is 1. The number of para-hydroxylation sites is 1. The van der Waals surface area contributed by atoms with Crippen LogP contribution in [-0.4, -0.2) is 19.6 Å². The SMILES string of the molecule is CCOCc1ccc(CNC(=NC)NCc2oc3ccccc3c2C)cc1. The van der Waals surface area contributed by atoms with Gasteiger partial charge in [-0.3, -0.25) is 4.99 Å². The predicted molar refractivity (Wildman–Crippen MR) is 110 cm³/mol. The summed E-state index contributed by atoms with van der Waals surface area (Å²) in [7, 11) is 1.77. The van der Waals surface area contributed by atoms with Crippen LogP contribution < -0.4 is 10.6 Å². The van der Waals surface area contributed by atoms with Gasteiger partial charge in [0.15, 0.2) is 5.96 Å². The average molecular weight is 365 g/mol. The molecule has 2 N–H and O–H groups in total. The van der Waals surface area contributed by atoms with Crippen LogP contribution >= 0.6 is 0 Å². The van der Waals surface area contributed by atoms with E-state index in [1.54, 1.807) is 7.05 Å². The van der Waals surface area contributed by atoms with E-state index in [1.165, 1.54) is 16.7 Å². The Balaban J connectivity index is 1.54. The van der Waals surface area contributed by atoms with Crippen molar-refractivity contribution in [2.45, 2.75) is 33.5 Å². The topological polar surface area (TPSA) is 58.8 Å². The van der Waals surface area contributed by atoms with Crippen LogP contribution in [0.3, 0.4) is 0 Å². The highest BCUT2D eigenvalue weighted by Crippen LogP contribution is 2.24. The van der Waals surface area contributed by atoms with Gasteiger partial charge in [0.05, 0.1) is 13.2 Å². The number of guanidine groups is 1. The molecule has 2 aromatic carbocycles. The van der Waals surface area contributed by atoms with E-state index >= 15 is 0 Å². The summed E-state index contributed by atoms with van der Waals surface area (Å²) in [5, 5.41) is 7.82. The molecule has 0 spiro atoms. The molecule has 0 bridgehead atoms. The van der Waals surface area contributed by atoms with E-state index < -0.39 is 0 Å². The normalized spacial score (nSPS) is 11.7. The molecule has 0 radical (unpaired) electrons. The Morgan fingerprint density at radius 3 is 2.41 bits per heavy atom. The molecule has 142 valence electrons. The Morgan fingerprint density at radius 2 is 1.70 bits per heavy atom. The second kappa shape index (κ2) is 9.24. The summed E-state index contributed by atoms with van der Waals surface area (Å²) in [5.74, 6) is 1.67. The maximum atomic E-state index is 5.94. The van der Waals surface area contributed by atoms with Gasteiger partial charge in [-0.05, 0) is 31.0 Å². The molecule has 0 aliphatic rings. The van der Waals surface area contributed by atoms with Gasteiger partial charge in [-0.25, -0.2) is 0 Å². The summed E-state index contributed by atoms with van der Waals surface area (Å²) in [6, 6.07) is 16.5. The van der Waals surface area contributed by atoms with E-state index in [4.69, 9.17) is 9.15 Å². The van der Waals surface area contributed by atoms with Crippen molar-refractivity contribution in [2.24, 2.45) is 4.99 Å². The second-order valence-corrected chi connectivity index (χ2v) is 6.38. The van der Waals surface area contributed by atoms with Gasteiger partial charge in [-0.2, -0.15) is 0 Å². The number of benzene rings is 2. The summed E-state index contributed by atoms with van der Waals surface area (Å²) >= 11 is 0. The molecule has 1 aromatic heterocycles. The lowest BCUT2D eigenvalue weighted by Gasteiger charge is -2.12. The Labute approximate surface area is 160 Å². The first-order valence-electron chi connectivity index (χ1n) is 9.28. The van der Waals surface area contributed by atoms with Crippen molar-refractivity contribution in [3.05, 3.63) is 71.0 Å². The first-order valence-corrected chi connectivity index (χ1v) is 9.28. The lowest BCUT2D eigenvalue weighted by Crippen LogP contribution is -2.36. The van der Waals surface area contributed by atoms with Crippen LogP contribution in [0.15, 0.2) is 57.9 Å². The average Bonchev–Trinajstić information content (AvgIpc) is 3.03. The number of aryl methyl sites for hydroxylation is 1. The van der Waals surface area contributed by atoms with Crippen molar-refractivity contribution in [2.75, 3.05) is 13.7 Å². The molecule has 0 saturated carbocycles. The Morgan fingerprint density at radius 1 is 1.00 bits per heavy atom. The monoisotopic (exact) mass is 365 g/mol. The molecule has 0 aliphatic carbocycles. The van der Waals surface area contributed by atoms with Crippen molar-refractivity contribution >= 4 is 16.9 Å². The van der Waals surface area contributed by atoms with Gasteiger partial charge in [0.1, 0.15) is 11.3 Å². The molecular weight excluding hydrogens is 338 g/mol. The maximum Gasteiger partial charge on any atom is 0.191 e. The van der Waals surface area contributed by atoms with E-state index in [0.717, 1.165) is 29.3 Å². The summed E-state index contributed by atoms with van der Waals surface area (Å²) in [5.41, 5.74) is 4.46. The fourth-order valence-electron chi connectivity index (χ4n) is 2.94. The van der Waals surface area contributed by atoms with Crippen molar-refractivity contribution < 1.29 is 9.15 Å². The number of fused-ring (bicyclic) bond motifs is 1. The van der Waals surface area contributed by atoms with Crippen LogP contribution in [0, 0.1) is 6.92 Å². The molecule has 0 unspecified atom stereocenters. The Kier molecular flexibility index (Phi) is 6.49. The minimum Gasteiger partial charge on any atom is -0.459 e. The zero-order valence-electron chi connectivity index (χ0n) is 16.2. The van der Waals surface area contributed by atoms with Crippen molar-refractivity contribution in [3.8, 4) is 0 Å². The van der Waals surface area contributed by atoms with E-state index in [9.17, 15) is 0 Å². The summed E-state index contributed by atoms with van der Waals surface area (Å²) in [6.07, 6.45) is 0. The Hall–Kier alpha value is -2.79. The standard InChI is InChI=1S/C22H27N3O2/c1-4-26-15-18-11-9-17(10-12-18)13-24-22(23-3)25-14-21-16(2)19-7-5-6-8-20(19)27-21/h5-12H,4,13-15H2,1-3H3,(H2,23,24,25). The van der Waals surface area contributed by atoms with Gasteiger partial charge in [0.2, 0.25) is 0 Å². The number of nitrogens with one attached hydrogen (secondary N) is 2. The van der Waals surface area contributed by atoms with E-state index in [1.807, 2.05) is 25.1 Å². The molecule has 5 nitrogen and oxygen atoms in total. The molecular formula is C22H27N3O2. The van der Waals surface area contributed by atoms with Crippen LogP contribution in [0.5, 0.6) is 0 Å². The number of furan rings is 1. The van der Waals surface area contributed by atoms with Crippen molar-refractivity contribution in [3.63, 3.8) is 0 Å². The quantitative estimate of drug-likeness (QED) is 0.488. The maximum absolute atomic E-state index is 5.94. The highest BCUT2D eigenvalue weighted by molar-refractivity contribution is 5.82. The number of hydrogen-bond acceptors (Lipinski definition) is 3. The molecule has 5 heteroatoms. The fourth-order valence-corrected chi connectivity index (χ4v) is 2.94. The number of rotatable bonds is 7. The molecule has 3 aromatic rings. The largest absolute Gasteiger partial charge is 0.459 e. The third kappa shape index (κ3) is 4.89. The molecule has 0 atom stereocenters. The van der Waals surface area contributed by atoms with Gasteiger partial charge in [0.25, 0.3) is 0 Å². The van der Waals surface area contributed by atoms with E-state index in [-0.39, 0.29) is 0 Å². The highest BCUT2D eigenvalue weighted by Gasteiger charge is 2.10. The van der Waals surface area contributed by atoms with Crippen LogP contribution in [-0.2, 0) is 24.4 Å². The Bertz CT molecular complexity index is 898. The molecule has 0 saturated heterocycles. The minimum absolute atomic E-state index is 0.591. The third-order valence-electron chi connectivity index (χ3n) is 4.54. The van der Waals surface area contributed by atoms with Gasteiger partial charge in [-0.1, -0.05) is 42.5 Å². The van der Waals surface area contributed by atoms with Crippen LogP contribution in [0.25, 0.3) is 11.0 Å². The minimum atomic E-state index is 0.591. The zero-order valence-corrected chi connectivity index (χ0v) is 16.2. The summed E-state index contributed by atoms with van der Waals surface area (Å²) in [6.45, 7) is 6.77. The zero-order chi connectivity index (χ0) is 19.1. The number of ether oxygens (including phenoxy) is 1. The molecule has 0 aliphatic heterocycles. The van der Waals surface area contributed by atoms with Crippen molar-refractivity contribution in [1.29, 1.82) is 0 Å². The lowest BCUT2D eigenvalue weighted by atomic mass is 10.1. The lowest BCUT2D eigenvalue weighted by molar-refractivity contribution is 0.134. The summed E-state index contributed by atoms with van der Waals surface area (Å²) in [4.78, 5) is 4.29. The molecule has 1 heterocycles. The van der Waals surface area contributed by atoms with E-state index in [0.29, 0.717) is 19.7 Å². The summed E-state index contributed by atoms with van der Waals surface area (Å²) < 4.78 is 11.4. The number of hydrogen-bond donors (Lipinski definition) is 2. The van der Waals surface area contributed by atoms with Gasteiger partial charge >= 0.3 is 0 Å². The van der Waals surface area contributed by atoms with E-state index in [2.05, 4.69) is 52.9 Å². The van der Waals surface area contributed by atoms with Gasteiger partial charge in [0, 0.05) is 31.1 Å². The first-order chi connectivity index (χ1) is 13.2. The van der Waals surface area contributed by atoms with Gasteiger partial charge < -0.3 is 19.8 Å². The van der Waals surface area contributed by atoms with Crippen LogP contribution in [0.1, 0.15) is 29.4 Å². The van der Waals surface area contributed by atoms with Crippen LogP contribution in [0.2, 0.25) is 0 Å². The number of nitrogens with zero attached hydrogens (tertiary/aromatic N) is 1. The smallest absolute Gasteiger partial charge is 0.191 e. The van der Waals surface area contributed by atoms with Gasteiger partial charge in [-0.15, -0.1) is 0 Å². The molecule has 0 amide bonds. The first kappa shape index (κ1) is 19.0. The highest BCUT2D eigenvalue weighted by atomic mass is 16.5. The molecule has 3 rings (SSSR count). The van der Waals surface area contributed by atoms with Crippen LogP contribution in [0.4, 0.5) is 0 Å². The van der Waals surface area contributed by atoms with Crippen molar-refractivity contribution in [1.82, 2.24) is 10.6 Å². The predicted octanol–water partition coefficient (Wildman–Crippen LogP) is 4.14. The fraction of sp³-hybridized carbons (Fsp3) is 0.318. The molecule has 0 fully saturated rings. The second-order valence-electron chi connectivity index (χ2n) is 6.38.